The number of carbonyl (C=O) groups is 2. The number of phenolic OH excluding ortho intramolecular Hbond substituents is 1. The summed E-state index contributed by atoms with van der Waals surface area (Å²) in [7, 11) is 7.72. The van der Waals surface area contributed by atoms with Crippen molar-refractivity contribution in [2.75, 3.05) is 26.2 Å². The van der Waals surface area contributed by atoms with Crippen molar-refractivity contribution in [3.63, 3.8) is 0 Å². The van der Waals surface area contributed by atoms with Crippen LogP contribution in [-0.2, 0) is 43.2 Å². The highest BCUT2D eigenvalue weighted by Crippen LogP contribution is 2.62. The molecule has 4 atom stereocenters. The number of aromatic nitrogens is 7. The van der Waals surface area contributed by atoms with Crippen LogP contribution in [-0.4, -0.2) is 71.5 Å². The SMILES string of the molecule is COc1cc2nc(CCn3c(=O)n4n(c3=O)[C@@H]3C[C@H]5C(=O)N(c6cc(-c7sc8ccc(Cl)cc8c7C)nn6C)C(=O)[C@@]5(C)[C@@H](c5cc(I)c(O)c(OC)c5)C3=CC4)c(=O)n(C)c2cc1OC. The molecule has 3 aromatic carbocycles. The minimum atomic E-state index is -1.40. The van der Waals surface area contributed by atoms with E-state index in [9.17, 15) is 19.5 Å². The quantitative estimate of drug-likeness (QED) is 0.100. The lowest BCUT2D eigenvalue weighted by Crippen LogP contribution is -2.49. The fourth-order valence-electron chi connectivity index (χ4n) is 10.3. The van der Waals surface area contributed by atoms with E-state index < -0.39 is 52.0 Å². The number of phenols is 1. The Kier molecular flexibility index (Phi) is 10.4. The molecule has 2 aliphatic heterocycles. The molecule has 2 amide bonds. The topological polar surface area (TPSA) is 187 Å². The average molecular weight is 1050 g/mol. The zero-order chi connectivity index (χ0) is 46.8. The average Bonchev–Trinajstić information content (AvgIpc) is 3.97. The number of rotatable bonds is 9. The molecule has 1 saturated heterocycles. The smallest absolute Gasteiger partial charge is 0.347 e. The Morgan fingerprint density at radius 3 is 2.41 bits per heavy atom. The number of thiophene rings is 1. The number of anilines is 1. The van der Waals surface area contributed by atoms with Crippen LogP contribution in [0.25, 0.3) is 31.7 Å². The Labute approximate surface area is 398 Å². The van der Waals surface area contributed by atoms with E-state index in [1.165, 1.54) is 56.2 Å². The Balaban J connectivity index is 1.06. The number of benzene rings is 3. The van der Waals surface area contributed by atoms with E-state index in [2.05, 4.69) is 4.98 Å². The third-order valence-corrected chi connectivity index (χ3v) is 16.0. The first-order chi connectivity index (χ1) is 31.5. The van der Waals surface area contributed by atoms with Crippen molar-refractivity contribution in [1.29, 1.82) is 0 Å². The van der Waals surface area contributed by atoms with Gasteiger partial charge < -0.3 is 23.9 Å². The molecule has 0 bridgehead atoms. The molecule has 1 saturated carbocycles. The summed E-state index contributed by atoms with van der Waals surface area (Å²) in [5, 5.41) is 17.3. The molecule has 66 heavy (non-hydrogen) atoms. The molecule has 2 fully saturated rings. The molecule has 4 aromatic heterocycles. The summed E-state index contributed by atoms with van der Waals surface area (Å²) in [4.78, 5) is 79.6. The number of hydrogen-bond donors (Lipinski definition) is 1. The number of imide groups is 1. The zero-order valence-corrected chi connectivity index (χ0v) is 40.4. The van der Waals surface area contributed by atoms with Crippen LogP contribution in [0.5, 0.6) is 23.0 Å². The summed E-state index contributed by atoms with van der Waals surface area (Å²) in [5.74, 6) is -1.48. The molecule has 1 N–H and O–H groups in total. The van der Waals surface area contributed by atoms with Crippen molar-refractivity contribution >= 4 is 84.3 Å². The minimum Gasteiger partial charge on any atom is -0.504 e. The van der Waals surface area contributed by atoms with Gasteiger partial charge in [0.05, 0.1) is 64.7 Å². The number of amides is 2. The molecule has 1 aliphatic carbocycles. The second-order valence-electron chi connectivity index (χ2n) is 17.0. The van der Waals surface area contributed by atoms with E-state index in [4.69, 9.17) is 30.9 Å². The van der Waals surface area contributed by atoms with Gasteiger partial charge in [-0.25, -0.2) is 33.4 Å². The Morgan fingerprint density at radius 2 is 1.68 bits per heavy atom. The number of aryl methyl sites for hydroxylation is 4. The van der Waals surface area contributed by atoms with Gasteiger partial charge >= 0.3 is 11.4 Å². The van der Waals surface area contributed by atoms with Crippen LogP contribution in [0.2, 0.25) is 5.02 Å². The minimum absolute atomic E-state index is 0.00917. The third-order valence-electron chi connectivity index (χ3n) is 13.7. The van der Waals surface area contributed by atoms with Crippen LogP contribution in [0, 0.1) is 21.8 Å². The predicted octanol–water partition coefficient (Wildman–Crippen LogP) is 6.08. The van der Waals surface area contributed by atoms with Gasteiger partial charge in [0, 0.05) is 60.9 Å². The lowest BCUT2D eigenvalue weighted by molar-refractivity contribution is -0.129. The Hall–Kier alpha value is -6.19. The largest absolute Gasteiger partial charge is 0.504 e. The number of fused-ring (bicyclic) bond motifs is 6. The third kappa shape index (κ3) is 6.25. The van der Waals surface area contributed by atoms with Gasteiger partial charge in [0.1, 0.15) is 17.2 Å². The first-order valence-corrected chi connectivity index (χ1v) is 23.2. The molecule has 340 valence electrons. The maximum absolute atomic E-state index is 15.3. The molecule has 17 nitrogen and oxygen atoms in total. The second kappa shape index (κ2) is 15.7. The van der Waals surface area contributed by atoms with Crippen molar-refractivity contribution in [1.82, 2.24) is 33.3 Å². The summed E-state index contributed by atoms with van der Waals surface area (Å²) in [6.07, 6.45) is 1.84. The highest BCUT2D eigenvalue weighted by atomic mass is 127. The van der Waals surface area contributed by atoms with Crippen molar-refractivity contribution in [2.24, 2.45) is 25.4 Å². The van der Waals surface area contributed by atoms with E-state index in [-0.39, 0.29) is 48.9 Å². The van der Waals surface area contributed by atoms with Crippen molar-refractivity contribution in [2.45, 2.75) is 51.7 Å². The standard InChI is InChI=1S/C46H42ClIN8O9S/c1-21-25-16-23(47)8-9-36(25)66-40(21)30-19-37(52(4)50-30)55-41(58)26-17-31-24(38(46(26,2)43(55)60)22-14-27(48)39(57)35(15-22)65-7)10-13-54-44(61)53(45(62)56(31)54)12-11-28-42(59)51(3)32-20-34(64-6)33(63-5)18-29(32)49-28/h8-10,14-16,18-20,26,31,38,57H,11-13,17H2,1-7H3/t26-,31+,38-,46+/m0/s1. The summed E-state index contributed by atoms with van der Waals surface area (Å²) in [6.45, 7) is 3.60. The first kappa shape index (κ1) is 43.7. The Bertz CT molecular complexity index is 3490. The van der Waals surface area contributed by atoms with Gasteiger partial charge in [0.15, 0.2) is 23.0 Å². The highest BCUT2D eigenvalue weighted by Gasteiger charge is 2.66. The first-order valence-electron chi connectivity index (χ1n) is 20.9. The molecule has 7 aromatic rings. The van der Waals surface area contributed by atoms with Gasteiger partial charge in [-0.15, -0.1) is 11.3 Å². The van der Waals surface area contributed by atoms with Gasteiger partial charge in [0.25, 0.3) is 5.56 Å². The van der Waals surface area contributed by atoms with E-state index in [1.54, 1.807) is 51.4 Å². The molecular formula is C46H42ClIN8O9S. The zero-order valence-electron chi connectivity index (χ0n) is 36.7. The molecule has 0 unspecified atom stereocenters. The fourth-order valence-corrected chi connectivity index (χ4v) is 12.3. The normalized spacial score (nSPS) is 20.2. The lowest BCUT2D eigenvalue weighted by Gasteiger charge is -2.47. The number of nitrogens with zero attached hydrogens (tertiary/aromatic N) is 8. The van der Waals surface area contributed by atoms with Crippen molar-refractivity contribution in [3.8, 4) is 33.6 Å². The molecule has 0 radical (unpaired) electrons. The summed E-state index contributed by atoms with van der Waals surface area (Å²) < 4.78 is 24.7. The number of aromatic hydroxyl groups is 1. The number of hydrogen-bond acceptors (Lipinski definition) is 12. The van der Waals surface area contributed by atoms with Gasteiger partial charge in [-0.05, 0) is 95.3 Å². The number of allylic oxidation sites excluding steroid dienone is 2. The molecule has 10 rings (SSSR count). The predicted molar refractivity (Wildman–Crippen MR) is 256 cm³/mol. The van der Waals surface area contributed by atoms with E-state index in [1.807, 2.05) is 53.8 Å². The monoisotopic (exact) mass is 1040 g/mol. The van der Waals surface area contributed by atoms with Crippen LogP contribution in [0.3, 0.4) is 0 Å². The maximum atomic E-state index is 15.3. The van der Waals surface area contributed by atoms with Crippen LogP contribution in [0.15, 0.2) is 74.6 Å². The van der Waals surface area contributed by atoms with Gasteiger partial charge in [-0.3, -0.25) is 19.1 Å². The van der Waals surface area contributed by atoms with Crippen LogP contribution >= 0.6 is 45.5 Å². The van der Waals surface area contributed by atoms with Crippen molar-refractivity contribution < 1.29 is 28.9 Å². The molecular weight excluding hydrogens is 1000 g/mol. The van der Waals surface area contributed by atoms with Crippen LogP contribution in [0.4, 0.5) is 5.82 Å². The fraction of sp³-hybridized carbons (Fsp3) is 0.326. The van der Waals surface area contributed by atoms with E-state index >= 15 is 9.59 Å². The number of methoxy groups -OCH3 is 3. The van der Waals surface area contributed by atoms with E-state index in [0.717, 1.165) is 25.1 Å². The number of ether oxygens (including phenoxy) is 3. The van der Waals surface area contributed by atoms with E-state index in [0.29, 0.717) is 48.0 Å². The summed E-state index contributed by atoms with van der Waals surface area (Å²) >= 11 is 9.89. The number of carbonyl (C=O) groups excluding carboxylic acids is 2. The lowest BCUT2D eigenvalue weighted by atomic mass is 9.56. The van der Waals surface area contributed by atoms with Gasteiger partial charge in [0.2, 0.25) is 11.8 Å². The van der Waals surface area contributed by atoms with Crippen molar-refractivity contribution in [3.05, 3.63) is 117 Å². The molecule has 20 heteroatoms. The second-order valence-corrected chi connectivity index (χ2v) is 19.6. The van der Waals surface area contributed by atoms with Gasteiger partial charge in [-0.2, -0.15) is 5.10 Å². The van der Waals surface area contributed by atoms with Crippen LogP contribution in [0.1, 0.15) is 42.1 Å². The highest BCUT2D eigenvalue weighted by molar-refractivity contribution is 14.1. The number of halogens is 2. The summed E-state index contributed by atoms with van der Waals surface area (Å²) in [6, 6.07) is 13.3. The van der Waals surface area contributed by atoms with Gasteiger partial charge in [-0.1, -0.05) is 17.7 Å². The Morgan fingerprint density at radius 1 is 0.955 bits per heavy atom. The van der Waals surface area contributed by atoms with Crippen LogP contribution < -0.4 is 36.0 Å². The molecule has 0 spiro atoms. The molecule has 3 aliphatic rings. The summed E-state index contributed by atoms with van der Waals surface area (Å²) in [5.41, 5.74) is 0.884. The maximum Gasteiger partial charge on any atom is 0.347 e. The molecule has 6 heterocycles.